The van der Waals surface area contributed by atoms with Gasteiger partial charge in [-0.15, -0.1) is 0 Å². The van der Waals surface area contributed by atoms with Crippen molar-refractivity contribution in [1.29, 1.82) is 5.26 Å². The largest absolute Gasteiger partial charge is 0.425 e. The number of hydrogen-bond donors (Lipinski definition) is 0. The van der Waals surface area contributed by atoms with Gasteiger partial charge in [-0.2, -0.15) is 5.26 Å². The van der Waals surface area contributed by atoms with Crippen molar-refractivity contribution in [3.63, 3.8) is 0 Å². The number of hydrogen-bond acceptors (Lipinski definition) is 7. The molecule has 1 heterocycles. The number of esters is 2. The van der Waals surface area contributed by atoms with Gasteiger partial charge in [-0.3, -0.25) is 9.59 Å². The molecular formula is C37H49NO4S2. The first-order chi connectivity index (χ1) is 21.4. The smallest absolute Gasteiger partial charge is 0.314 e. The minimum atomic E-state index is -0.153. The fourth-order valence-electron chi connectivity index (χ4n) is 8.76. The number of nitrogens with zero attached hydrogens (tertiary/aromatic N) is 1. The summed E-state index contributed by atoms with van der Waals surface area (Å²) in [4.78, 5) is 28.2. The molecule has 4 aliphatic carbocycles. The molecule has 1 aromatic rings. The van der Waals surface area contributed by atoms with E-state index in [1.54, 1.807) is 12.1 Å². The van der Waals surface area contributed by atoms with Crippen LogP contribution in [0.1, 0.15) is 117 Å². The Balaban J connectivity index is 1.06. The molecule has 0 saturated heterocycles. The molecule has 1 aromatic carbocycles. The Labute approximate surface area is 272 Å². The molecule has 5 aliphatic rings. The summed E-state index contributed by atoms with van der Waals surface area (Å²) in [5, 5.41) is 9.31. The third-order valence-electron chi connectivity index (χ3n) is 11.7. The van der Waals surface area contributed by atoms with E-state index in [1.807, 2.05) is 0 Å². The number of carbonyl (C=O) groups excluding carboxylic acids is 2. The minimum Gasteiger partial charge on any atom is -0.425 e. The third-order valence-corrected chi connectivity index (χ3v) is 14.2. The molecule has 5 nitrogen and oxygen atoms in total. The normalized spacial score (nSPS) is 34.0. The average molecular weight is 636 g/mol. The van der Waals surface area contributed by atoms with Gasteiger partial charge in [0.25, 0.3) is 0 Å². The Hall–Kier alpha value is -1.91. The number of rotatable bonds is 6. The van der Waals surface area contributed by atoms with Crippen molar-refractivity contribution in [2.24, 2.45) is 47.3 Å². The molecule has 0 spiro atoms. The van der Waals surface area contributed by atoms with Crippen LogP contribution in [-0.2, 0) is 9.59 Å². The summed E-state index contributed by atoms with van der Waals surface area (Å²) < 4.78 is 12.9. The van der Waals surface area contributed by atoms with Crippen molar-refractivity contribution in [1.82, 2.24) is 0 Å². The summed E-state index contributed by atoms with van der Waals surface area (Å²) in [6, 6.07) is 5.67. The summed E-state index contributed by atoms with van der Waals surface area (Å²) in [5.41, 5.74) is 0. The standard InChI is InChI=1S/C37H49NO4S2/c1-23-3-7-25(8-4-23)27-11-15-29(16-12-27)36(39)41-31-19-20-32(35-34(31)43-33(44-35)21-22-38)42-37(40)30-17-13-28(14-18-30)26-9-5-24(2)6-10-26/h19-21,23-30H,3-18H2,1-2H3. The van der Waals surface area contributed by atoms with Crippen LogP contribution in [-0.4, -0.2) is 11.9 Å². The lowest BCUT2D eigenvalue weighted by molar-refractivity contribution is -0.141. The number of nitriles is 1. The van der Waals surface area contributed by atoms with Crippen LogP contribution in [0.15, 0.2) is 32.2 Å². The maximum Gasteiger partial charge on any atom is 0.314 e. The minimum absolute atomic E-state index is 0.0674. The SMILES string of the molecule is CC1CCC(C2CCC(C(=O)Oc3ccc(OC(=O)C4CCC(C5CCC(C)CC5)CC4)c4c3SC(=CC#N)S4)CC2)CC1. The van der Waals surface area contributed by atoms with Gasteiger partial charge in [-0.05, 0) is 125 Å². The fraction of sp³-hybridized carbons (Fsp3) is 0.703. The van der Waals surface area contributed by atoms with Crippen LogP contribution in [0.25, 0.3) is 0 Å². The van der Waals surface area contributed by atoms with Gasteiger partial charge in [0, 0.05) is 6.08 Å². The molecule has 0 atom stereocenters. The van der Waals surface area contributed by atoms with Crippen molar-refractivity contribution in [3.05, 3.63) is 22.4 Å². The second-order valence-corrected chi connectivity index (χ2v) is 17.0. The predicted molar refractivity (Wildman–Crippen MR) is 176 cm³/mol. The number of allylic oxidation sites excluding steroid dienone is 1. The summed E-state index contributed by atoms with van der Waals surface area (Å²) in [6.45, 7) is 4.74. The van der Waals surface area contributed by atoms with Crippen molar-refractivity contribution in [2.75, 3.05) is 0 Å². The first-order valence-electron chi connectivity index (χ1n) is 17.4. The lowest BCUT2D eigenvalue weighted by Crippen LogP contribution is -2.30. The lowest BCUT2D eigenvalue weighted by Gasteiger charge is -2.36. The highest BCUT2D eigenvalue weighted by Gasteiger charge is 2.36. The van der Waals surface area contributed by atoms with Gasteiger partial charge in [-0.25, -0.2) is 0 Å². The Morgan fingerprint density at radius 1 is 0.636 bits per heavy atom. The Morgan fingerprint density at radius 2 is 0.977 bits per heavy atom. The lowest BCUT2D eigenvalue weighted by atomic mass is 9.69. The van der Waals surface area contributed by atoms with Gasteiger partial charge in [-0.1, -0.05) is 63.1 Å². The second kappa shape index (κ2) is 14.7. The van der Waals surface area contributed by atoms with Crippen LogP contribution in [0.5, 0.6) is 11.5 Å². The summed E-state index contributed by atoms with van der Waals surface area (Å²) in [5.74, 6) is 5.47. The number of thioether (sulfide) groups is 2. The monoisotopic (exact) mass is 635 g/mol. The third kappa shape index (κ3) is 7.55. The highest BCUT2D eigenvalue weighted by atomic mass is 32.2. The first kappa shape index (κ1) is 32.0. The molecule has 4 saturated carbocycles. The molecule has 7 heteroatoms. The van der Waals surface area contributed by atoms with E-state index in [2.05, 4.69) is 19.9 Å². The zero-order chi connectivity index (χ0) is 30.6. The van der Waals surface area contributed by atoms with Crippen LogP contribution in [0.3, 0.4) is 0 Å². The van der Waals surface area contributed by atoms with Gasteiger partial charge in [0.2, 0.25) is 0 Å². The number of benzene rings is 1. The van der Waals surface area contributed by atoms with Crippen molar-refractivity contribution >= 4 is 35.5 Å². The molecule has 0 radical (unpaired) electrons. The highest BCUT2D eigenvalue weighted by Crippen LogP contribution is 2.58. The van der Waals surface area contributed by atoms with Gasteiger partial charge >= 0.3 is 11.9 Å². The van der Waals surface area contributed by atoms with E-state index in [0.29, 0.717) is 11.5 Å². The Kier molecular flexibility index (Phi) is 10.7. The quantitative estimate of drug-likeness (QED) is 0.175. The van der Waals surface area contributed by atoms with Crippen LogP contribution >= 0.6 is 23.5 Å². The molecule has 0 unspecified atom stereocenters. The molecule has 0 amide bonds. The summed E-state index contributed by atoms with van der Waals surface area (Å²) in [6.07, 6.45) is 20.4. The Morgan fingerprint density at radius 3 is 1.32 bits per heavy atom. The van der Waals surface area contributed by atoms with Gasteiger partial charge in [0.1, 0.15) is 11.5 Å². The van der Waals surface area contributed by atoms with Crippen LogP contribution in [0, 0.1) is 58.7 Å². The maximum absolute atomic E-state index is 13.3. The molecule has 238 valence electrons. The van der Waals surface area contributed by atoms with E-state index < -0.39 is 0 Å². The predicted octanol–water partition coefficient (Wildman–Crippen LogP) is 10.3. The van der Waals surface area contributed by atoms with Crippen LogP contribution < -0.4 is 9.47 Å². The molecule has 0 bridgehead atoms. The van der Waals surface area contributed by atoms with E-state index in [1.165, 1.54) is 81.0 Å². The second-order valence-electron chi connectivity index (χ2n) is 14.6. The van der Waals surface area contributed by atoms with E-state index in [-0.39, 0.29) is 23.8 Å². The van der Waals surface area contributed by atoms with Gasteiger partial charge in [0.15, 0.2) is 0 Å². The van der Waals surface area contributed by atoms with E-state index in [0.717, 1.165) is 101 Å². The first-order valence-corrected chi connectivity index (χ1v) is 19.1. The number of ether oxygens (including phenoxy) is 2. The van der Waals surface area contributed by atoms with E-state index in [4.69, 9.17) is 9.47 Å². The van der Waals surface area contributed by atoms with Gasteiger partial charge < -0.3 is 9.47 Å². The molecular weight excluding hydrogens is 587 g/mol. The topological polar surface area (TPSA) is 76.4 Å². The van der Waals surface area contributed by atoms with Crippen molar-refractivity contribution in [2.45, 2.75) is 126 Å². The summed E-state index contributed by atoms with van der Waals surface area (Å²) >= 11 is 2.84. The molecule has 6 rings (SSSR count). The maximum atomic E-state index is 13.3. The van der Waals surface area contributed by atoms with Crippen LogP contribution in [0.4, 0.5) is 0 Å². The van der Waals surface area contributed by atoms with E-state index in [9.17, 15) is 14.9 Å². The van der Waals surface area contributed by atoms with Crippen molar-refractivity contribution in [3.8, 4) is 17.6 Å². The average Bonchev–Trinajstić information content (AvgIpc) is 3.48. The molecule has 44 heavy (non-hydrogen) atoms. The van der Waals surface area contributed by atoms with Crippen LogP contribution in [0.2, 0.25) is 0 Å². The molecule has 0 aromatic heterocycles. The summed E-state index contributed by atoms with van der Waals surface area (Å²) in [7, 11) is 0. The Bertz CT molecular complexity index is 1170. The molecule has 0 N–H and O–H groups in total. The van der Waals surface area contributed by atoms with Crippen molar-refractivity contribution < 1.29 is 19.1 Å². The highest BCUT2D eigenvalue weighted by molar-refractivity contribution is 8.24. The number of fused-ring (bicyclic) bond motifs is 1. The fourth-order valence-corrected chi connectivity index (χ4v) is 11.1. The zero-order valence-electron chi connectivity index (χ0n) is 26.6. The zero-order valence-corrected chi connectivity index (χ0v) is 28.2. The van der Waals surface area contributed by atoms with Gasteiger partial charge in [0.05, 0.1) is 31.9 Å². The molecule has 4 fully saturated rings. The number of carbonyl (C=O) groups is 2. The van der Waals surface area contributed by atoms with E-state index >= 15 is 0 Å². The molecule has 1 aliphatic heterocycles.